The van der Waals surface area contributed by atoms with Crippen LogP contribution in [0.1, 0.15) is 5.56 Å². The molecule has 0 aliphatic carbocycles. The maximum Gasteiger partial charge on any atom is 0.373 e. The van der Waals surface area contributed by atoms with Gasteiger partial charge in [-0.1, -0.05) is 52.3 Å². The molecule has 1 N–H and O–H groups in total. The molecule has 0 radical (unpaired) electrons. The highest BCUT2D eigenvalue weighted by Crippen LogP contribution is 2.22. The van der Waals surface area contributed by atoms with Gasteiger partial charge in [-0.2, -0.15) is 19.9 Å². The van der Waals surface area contributed by atoms with Gasteiger partial charge in [-0.25, -0.2) is 0 Å². The molecule has 0 saturated carbocycles. The van der Waals surface area contributed by atoms with Gasteiger partial charge in [-0.3, -0.25) is 0 Å². The van der Waals surface area contributed by atoms with E-state index in [2.05, 4.69) is 67.7 Å². The van der Waals surface area contributed by atoms with Gasteiger partial charge in [0.1, 0.15) is 12.8 Å². The number of rotatable bonds is 4. The zero-order chi connectivity index (χ0) is 16.5. The fourth-order valence-electron chi connectivity index (χ4n) is 1.85. The fraction of sp³-hybridized carbons (Fsp3) is 0.0625. The molecular formula is C16H12BrN3O3. The molecule has 6 nitrogen and oxygen atoms in total. The molecule has 0 aliphatic heterocycles. The van der Waals surface area contributed by atoms with Gasteiger partial charge in [0, 0.05) is 4.47 Å². The van der Waals surface area contributed by atoms with E-state index in [-0.39, 0.29) is 6.15 Å². The van der Waals surface area contributed by atoms with Crippen molar-refractivity contribution in [1.82, 2.24) is 15.4 Å². The second kappa shape index (κ2) is 8.63. The predicted octanol–water partition coefficient (Wildman–Crippen LogP) is 3.23. The maximum absolute atomic E-state index is 8.12. The van der Waals surface area contributed by atoms with E-state index in [9.17, 15) is 0 Å². The third-order valence-corrected chi connectivity index (χ3v) is 3.44. The number of nitrogens with zero attached hydrogens (tertiary/aromatic N) is 2. The summed E-state index contributed by atoms with van der Waals surface area (Å²) >= 11 is 3.44. The Bertz CT molecular complexity index is 750. The van der Waals surface area contributed by atoms with Crippen LogP contribution in [0, 0.1) is 0 Å². The number of aromatic nitrogens is 3. The van der Waals surface area contributed by atoms with Gasteiger partial charge in [0.15, 0.2) is 0 Å². The summed E-state index contributed by atoms with van der Waals surface area (Å²) in [6, 6.07) is 16.5. The zero-order valence-corrected chi connectivity index (χ0v) is 13.5. The SMILES string of the molecule is Brc1ccc(-c2ccc(COc3cn[nH]n3)cc2)cc1.O=C=O. The smallest absolute Gasteiger partial charge is 0.373 e. The largest absolute Gasteiger partial charge is 0.471 e. The number of hydrogen-bond donors (Lipinski definition) is 1. The number of aromatic amines is 1. The molecule has 2 aromatic carbocycles. The molecule has 7 heteroatoms. The minimum atomic E-state index is 0.250. The third-order valence-electron chi connectivity index (χ3n) is 2.91. The van der Waals surface area contributed by atoms with Crippen molar-refractivity contribution in [2.24, 2.45) is 0 Å². The summed E-state index contributed by atoms with van der Waals surface area (Å²) < 4.78 is 6.56. The van der Waals surface area contributed by atoms with Crippen molar-refractivity contribution in [2.45, 2.75) is 6.61 Å². The molecule has 1 heterocycles. The van der Waals surface area contributed by atoms with Crippen molar-refractivity contribution in [3.8, 4) is 17.0 Å². The third kappa shape index (κ3) is 5.18. The topological polar surface area (TPSA) is 84.9 Å². The van der Waals surface area contributed by atoms with Crippen LogP contribution in [0.4, 0.5) is 0 Å². The van der Waals surface area contributed by atoms with Crippen molar-refractivity contribution < 1.29 is 14.3 Å². The standard InChI is InChI=1S/C15H12BrN3O.CO2/c16-14-7-5-13(6-8-14)12-3-1-11(2-4-12)10-20-15-9-17-19-18-15;2-1-3/h1-9H,10H2,(H,17,18,19);. The fourth-order valence-corrected chi connectivity index (χ4v) is 2.12. The van der Waals surface area contributed by atoms with Gasteiger partial charge in [-0.15, -0.1) is 5.10 Å². The van der Waals surface area contributed by atoms with Crippen LogP contribution in [-0.2, 0) is 16.2 Å². The van der Waals surface area contributed by atoms with Crippen molar-refractivity contribution in [3.05, 3.63) is 64.8 Å². The quantitative estimate of drug-likeness (QED) is 0.758. The van der Waals surface area contributed by atoms with Gasteiger partial charge < -0.3 is 4.74 Å². The van der Waals surface area contributed by atoms with Crippen LogP contribution in [0.15, 0.2) is 59.2 Å². The summed E-state index contributed by atoms with van der Waals surface area (Å²) in [5.41, 5.74) is 3.47. The second-order valence-corrected chi connectivity index (χ2v) is 5.30. The molecular weight excluding hydrogens is 362 g/mol. The molecule has 0 fully saturated rings. The Balaban J connectivity index is 0.000000595. The molecule has 0 bridgehead atoms. The molecule has 0 aliphatic rings. The van der Waals surface area contributed by atoms with Crippen LogP contribution in [0.3, 0.4) is 0 Å². The second-order valence-electron chi connectivity index (χ2n) is 4.38. The van der Waals surface area contributed by atoms with Crippen molar-refractivity contribution >= 4 is 22.1 Å². The molecule has 3 rings (SSSR count). The Morgan fingerprint density at radius 3 is 2.09 bits per heavy atom. The van der Waals surface area contributed by atoms with Crippen LogP contribution >= 0.6 is 15.9 Å². The molecule has 0 atom stereocenters. The van der Waals surface area contributed by atoms with E-state index in [1.807, 2.05) is 12.1 Å². The van der Waals surface area contributed by atoms with Gasteiger partial charge in [-0.05, 0) is 28.8 Å². The lowest BCUT2D eigenvalue weighted by Crippen LogP contribution is -1.95. The first-order valence-electron chi connectivity index (χ1n) is 6.55. The number of ether oxygens (including phenoxy) is 1. The first-order valence-corrected chi connectivity index (χ1v) is 7.35. The molecule has 23 heavy (non-hydrogen) atoms. The Hall–Kier alpha value is -2.76. The van der Waals surface area contributed by atoms with Crippen LogP contribution < -0.4 is 4.74 Å². The highest BCUT2D eigenvalue weighted by atomic mass is 79.9. The number of H-pyrrole nitrogens is 1. The van der Waals surface area contributed by atoms with Gasteiger partial charge in [0.05, 0.1) is 0 Å². The number of nitrogens with one attached hydrogen (secondary N) is 1. The van der Waals surface area contributed by atoms with E-state index in [1.54, 1.807) is 6.20 Å². The molecule has 1 aromatic heterocycles. The molecule has 116 valence electrons. The lowest BCUT2D eigenvalue weighted by atomic mass is 10.0. The minimum absolute atomic E-state index is 0.250. The highest BCUT2D eigenvalue weighted by Gasteiger charge is 2.00. The van der Waals surface area contributed by atoms with Crippen molar-refractivity contribution in [2.75, 3.05) is 0 Å². The number of benzene rings is 2. The summed E-state index contributed by atoms with van der Waals surface area (Å²) in [6.45, 7) is 0.479. The minimum Gasteiger partial charge on any atom is -0.471 e. The summed E-state index contributed by atoms with van der Waals surface area (Å²) in [5.74, 6) is 0.502. The summed E-state index contributed by atoms with van der Waals surface area (Å²) in [4.78, 5) is 16.2. The number of carbonyl (C=O) groups excluding carboxylic acids is 2. The van der Waals surface area contributed by atoms with Crippen LogP contribution in [0.25, 0.3) is 11.1 Å². The summed E-state index contributed by atoms with van der Waals surface area (Å²) in [5, 5.41) is 10.0. The van der Waals surface area contributed by atoms with E-state index in [0.29, 0.717) is 12.5 Å². The molecule has 0 spiro atoms. The summed E-state index contributed by atoms with van der Waals surface area (Å²) in [7, 11) is 0. The summed E-state index contributed by atoms with van der Waals surface area (Å²) in [6.07, 6.45) is 1.80. The number of halogens is 1. The molecule has 0 unspecified atom stereocenters. The monoisotopic (exact) mass is 373 g/mol. The van der Waals surface area contributed by atoms with E-state index in [0.717, 1.165) is 10.0 Å². The predicted molar refractivity (Wildman–Crippen MR) is 85.3 cm³/mol. The van der Waals surface area contributed by atoms with Gasteiger partial charge >= 0.3 is 6.15 Å². The van der Waals surface area contributed by atoms with Crippen LogP contribution in [0.2, 0.25) is 0 Å². The first-order chi connectivity index (χ1) is 11.2. The Morgan fingerprint density at radius 2 is 1.57 bits per heavy atom. The molecule has 3 aromatic rings. The number of hydrogen-bond acceptors (Lipinski definition) is 5. The maximum atomic E-state index is 8.12. The Kier molecular flexibility index (Phi) is 6.23. The van der Waals surface area contributed by atoms with Crippen molar-refractivity contribution in [3.63, 3.8) is 0 Å². The average molecular weight is 374 g/mol. The van der Waals surface area contributed by atoms with E-state index in [1.165, 1.54) is 11.1 Å². The Morgan fingerprint density at radius 1 is 1.00 bits per heavy atom. The first kappa shape index (κ1) is 16.6. The Labute approximate surface area is 140 Å². The van der Waals surface area contributed by atoms with E-state index >= 15 is 0 Å². The normalized spacial score (nSPS) is 9.43. The van der Waals surface area contributed by atoms with E-state index < -0.39 is 0 Å². The van der Waals surface area contributed by atoms with Gasteiger partial charge in [0.2, 0.25) is 0 Å². The van der Waals surface area contributed by atoms with Gasteiger partial charge in [0.25, 0.3) is 5.88 Å². The van der Waals surface area contributed by atoms with Crippen LogP contribution in [-0.4, -0.2) is 21.6 Å². The average Bonchev–Trinajstić information content (AvgIpc) is 3.08. The van der Waals surface area contributed by atoms with E-state index in [4.69, 9.17) is 14.3 Å². The highest BCUT2D eigenvalue weighted by molar-refractivity contribution is 9.10. The molecule has 0 amide bonds. The van der Waals surface area contributed by atoms with Crippen LogP contribution in [0.5, 0.6) is 5.88 Å². The zero-order valence-electron chi connectivity index (χ0n) is 11.9. The van der Waals surface area contributed by atoms with Crippen molar-refractivity contribution in [1.29, 1.82) is 0 Å². The molecule has 0 saturated heterocycles. The lowest BCUT2D eigenvalue weighted by Gasteiger charge is -2.05. The lowest BCUT2D eigenvalue weighted by molar-refractivity contribution is -0.191.